The summed E-state index contributed by atoms with van der Waals surface area (Å²) in [6.07, 6.45) is 1.12. The summed E-state index contributed by atoms with van der Waals surface area (Å²) >= 11 is 0. The number of hydrogen-bond acceptors (Lipinski definition) is 3. The molecule has 14 heavy (non-hydrogen) atoms. The minimum absolute atomic E-state index is 0.275. The minimum atomic E-state index is -3.11. The number of ether oxygens (including phenoxy) is 1. The van der Waals surface area contributed by atoms with Crippen LogP contribution in [0.2, 0.25) is 0 Å². The second kappa shape index (κ2) is 4.97. The molecule has 0 saturated carbocycles. The Morgan fingerprint density at radius 3 is 2.64 bits per heavy atom. The molecular weight excluding hydrogens is 202 g/mol. The first-order chi connectivity index (χ1) is 6.58. The van der Waals surface area contributed by atoms with Crippen LogP contribution in [0.25, 0.3) is 0 Å². The van der Waals surface area contributed by atoms with E-state index < -0.39 is 10.0 Å². The molecule has 0 aromatic heterocycles. The summed E-state index contributed by atoms with van der Waals surface area (Å²) < 4.78 is 28.9. The summed E-state index contributed by atoms with van der Waals surface area (Å²) in [4.78, 5) is 0. The van der Waals surface area contributed by atoms with E-state index in [1.807, 2.05) is 0 Å². The van der Waals surface area contributed by atoms with E-state index >= 15 is 0 Å². The fourth-order valence-corrected chi connectivity index (χ4v) is 1.32. The number of hydrogen-bond donors (Lipinski definition) is 1. The van der Waals surface area contributed by atoms with Gasteiger partial charge in [-0.1, -0.05) is 12.1 Å². The van der Waals surface area contributed by atoms with Gasteiger partial charge >= 0.3 is 0 Å². The van der Waals surface area contributed by atoms with E-state index in [4.69, 9.17) is 4.74 Å². The molecule has 0 unspecified atom stereocenters. The second-order valence-corrected chi connectivity index (χ2v) is 4.58. The summed E-state index contributed by atoms with van der Waals surface area (Å²) in [6, 6.07) is 9.86. The van der Waals surface area contributed by atoms with Crippen molar-refractivity contribution in [1.29, 1.82) is 0 Å². The zero-order valence-corrected chi connectivity index (χ0v) is 8.67. The van der Waals surface area contributed by atoms with Crippen molar-refractivity contribution in [3.63, 3.8) is 0 Å². The van der Waals surface area contributed by atoms with Crippen LogP contribution in [0.4, 0.5) is 0 Å². The third kappa shape index (κ3) is 4.84. The molecule has 0 saturated heterocycles. The molecule has 0 bridgehead atoms. The van der Waals surface area contributed by atoms with Gasteiger partial charge < -0.3 is 4.74 Å². The average Bonchev–Trinajstić information content (AvgIpc) is 2.13. The molecule has 1 rings (SSSR count). The normalized spacial score (nSPS) is 11.2. The fraction of sp³-hybridized carbons (Fsp3) is 0.333. The molecule has 0 aliphatic heterocycles. The van der Waals surface area contributed by atoms with Crippen molar-refractivity contribution in [2.24, 2.45) is 0 Å². The molecule has 1 aromatic rings. The lowest BCUT2D eigenvalue weighted by Gasteiger charge is -2.05. The topological polar surface area (TPSA) is 55.4 Å². The van der Waals surface area contributed by atoms with Crippen LogP contribution in [0.15, 0.2) is 24.3 Å². The van der Waals surface area contributed by atoms with E-state index in [-0.39, 0.29) is 6.54 Å². The molecule has 1 aromatic carbocycles. The van der Waals surface area contributed by atoms with Gasteiger partial charge in [0.05, 0.1) is 6.26 Å². The Hall–Kier alpha value is -1.07. The van der Waals surface area contributed by atoms with Gasteiger partial charge in [0.15, 0.2) is 0 Å². The van der Waals surface area contributed by atoms with Gasteiger partial charge in [0.1, 0.15) is 12.4 Å². The van der Waals surface area contributed by atoms with Gasteiger partial charge in [-0.15, -0.1) is 0 Å². The van der Waals surface area contributed by atoms with Crippen LogP contribution in [0.5, 0.6) is 5.75 Å². The third-order valence-corrected chi connectivity index (χ3v) is 2.15. The molecule has 77 valence electrons. The van der Waals surface area contributed by atoms with Gasteiger partial charge in [-0.2, -0.15) is 0 Å². The first-order valence-corrected chi connectivity index (χ1v) is 6.00. The Kier molecular flexibility index (Phi) is 3.91. The zero-order chi connectivity index (χ0) is 10.4. The molecule has 1 radical (unpaired) electrons. The number of rotatable bonds is 5. The van der Waals surface area contributed by atoms with Crippen LogP contribution in [-0.4, -0.2) is 27.8 Å². The molecule has 0 amide bonds. The molecule has 5 heteroatoms. The van der Waals surface area contributed by atoms with Crippen LogP contribution < -0.4 is 9.46 Å². The molecule has 0 atom stereocenters. The lowest BCUT2D eigenvalue weighted by Crippen LogP contribution is -2.26. The van der Waals surface area contributed by atoms with Gasteiger partial charge in [-0.25, -0.2) is 13.1 Å². The third-order valence-electron chi connectivity index (χ3n) is 1.42. The van der Waals surface area contributed by atoms with Crippen molar-refractivity contribution in [2.75, 3.05) is 19.4 Å². The largest absolute Gasteiger partial charge is 0.492 e. The Balaban J connectivity index is 2.23. The maximum absolute atomic E-state index is 10.7. The Bertz CT molecular complexity index is 361. The fourth-order valence-electron chi connectivity index (χ4n) is 0.864. The van der Waals surface area contributed by atoms with Crippen LogP contribution in [0.3, 0.4) is 0 Å². The highest BCUT2D eigenvalue weighted by molar-refractivity contribution is 7.88. The SMILES string of the molecule is CS(=O)(=O)NCCOc1cc[c]cc1. The van der Waals surface area contributed by atoms with E-state index in [2.05, 4.69) is 10.8 Å². The molecule has 0 fully saturated rings. The molecule has 0 heterocycles. The van der Waals surface area contributed by atoms with Crippen molar-refractivity contribution >= 4 is 10.0 Å². The van der Waals surface area contributed by atoms with Gasteiger partial charge in [0, 0.05) is 6.54 Å². The van der Waals surface area contributed by atoms with Gasteiger partial charge in [-0.05, 0) is 18.2 Å². The summed E-state index contributed by atoms with van der Waals surface area (Å²) in [5.74, 6) is 0.707. The van der Waals surface area contributed by atoms with Crippen molar-refractivity contribution in [1.82, 2.24) is 4.72 Å². The summed E-state index contributed by atoms with van der Waals surface area (Å²) in [6.45, 7) is 0.592. The van der Waals surface area contributed by atoms with Crippen LogP contribution in [-0.2, 0) is 10.0 Å². The van der Waals surface area contributed by atoms with Crippen LogP contribution in [0, 0.1) is 6.07 Å². The van der Waals surface area contributed by atoms with E-state index in [0.29, 0.717) is 12.4 Å². The summed E-state index contributed by atoms with van der Waals surface area (Å²) in [7, 11) is -3.11. The predicted octanol–water partition coefficient (Wildman–Crippen LogP) is 0.415. The number of sulfonamides is 1. The van der Waals surface area contributed by atoms with Gasteiger partial charge in [-0.3, -0.25) is 0 Å². The Morgan fingerprint density at radius 1 is 1.43 bits per heavy atom. The second-order valence-electron chi connectivity index (χ2n) is 2.75. The van der Waals surface area contributed by atoms with Crippen LogP contribution in [0.1, 0.15) is 0 Å². The molecule has 0 spiro atoms. The highest BCUT2D eigenvalue weighted by Gasteiger charge is 1.98. The van der Waals surface area contributed by atoms with E-state index in [1.54, 1.807) is 24.3 Å². The quantitative estimate of drug-likeness (QED) is 0.722. The summed E-state index contributed by atoms with van der Waals surface area (Å²) in [5, 5.41) is 0. The van der Waals surface area contributed by atoms with E-state index in [1.165, 1.54) is 0 Å². The number of nitrogens with one attached hydrogen (secondary N) is 1. The van der Waals surface area contributed by atoms with Crippen molar-refractivity contribution in [3.05, 3.63) is 30.3 Å². The average molecular weight is 214 g/mol. The summed E-state index contributed by atoms with van der Waals surface area (Å²) in [5.41, 5.74) is 0. The highest BCUT2D eigenvalue weighted by atomic mass is 32.2. The maximum atomic E-state index is 10.7. The van der Waals surface area contributed by atoms with Crippen LogP contribution >= 0.6 is 0 Å². The van der Waals surface area contributed by atoms with Gasteiger partial charge in [0.25, 0.3) is 0 Å². The predicted molar refractivity (Wildman–Crippen MR) is 53.6 cm³/mol. The van der Waals surface area contributed by atoms with Gasteiger partial charge in [0.2, 0.25) is 10.0 Å². The smallest absolute Gasteiger partial charge is 0.208 e. The lowest BCUT2D eigenvalue weighted by molar-refractivity contribution is 0.323. The van der Waals surface area contributed by atoms with Crippen molar-refractivity contribution in [2.45, 2.75) is 0 Å². The molecule has 1 N–H and O–H groups in total. The standard InChI is InChI=1S/C9H12NO3S/c1-14(11,12)10-7-8-13-9-5-3-2-4-6-9/h3-6,10H,7-8H2,1H3. The molecular formula is C9H12NO3S. The Labute approximate surface area is 84.0 Å². The molecule has 0 aliphatic carbocycles. The van der Waals surface area contributed by atoms with Crippen molar-refractivity contribution < 1.29 is 13.2 Å². The lowest BCUT2D eigenvalue weighted by atomic mass is 10.3. The first-order valence-electron chi connectivity index (χ1n) is 4.11. The first kappa shape index (κ1) is 11.0. The molecule has 0 aliphatic rings. The highest BCUT2D eigenvalue weighted by Crippen LogP contribution is 2.06. The zero-order valence-electron chi connectivity index (χ0n) is 7.86. The molecule has 4 nitrogen and oxygen atoms in total. The monoisotopic (exact) mass is 214 g/mol. The van der Waals surface area contributed by atoms with E-state index in [0.717, 1.165) is 6.26 Å². The van der Waals surface area contributed by atoms with Crippen molar-refractivity contribution in [3.8, 4) is 5.75 Å². The van der Waals surface area contributed by atoms with E-state index in [9.17, 15) is 8.42 Å². The Morgan fingerprint density at radius 2 is 2.07 bits per heavy atom. The number of benzene rings is 1. The minimum Gasteiger partial charge on any atom is -0.492 e. The maximum Gasteiger partial charge on any atom is 0.208 e.